The number of benzene rings is 3. The molecule has 3 aromatic carbocycles. The number of fused-ring (bicyclic) bond motifs is 1. The lowest BCUT2D eigenvalue weighted by Crippen LogP contribution is -2.27. The Labute approximate surface area is 126 Å². The first-order valence-electron chi connectivity index (χ1n) is 7.56. The third-order valence-corrected chi connectivity index (χ3v) is 3.85. The molecular weight excluding hydrogens is 254 g/mol. The summed E-state index contributed by atoms with van der Waals surface area (Å²) in [6, 6.07) is 26.3. The molecule has 0 radical (unpaired) electrons. The summed E-state index contributed by atoms with van der Waals surface area (Å²) < 4.78 is 0. The number of rotatable bonds is 5. The molecule has 3 rings (SSSR count). The Morgan fingerprint density at radius 2 is 1.48 bits per heavy atom. The molecular formula is C20H21N. The van der Waals surface area contributed by atoms with Crippen molar-refractivity contribution >= 4 is 10.8 Å². The highest BCUT2D eigenvalue weighted by atomic mass is 14.9. The van der Waals surface area contributed by atoms with Gasteiger partial charge in [-0.3, -0.25) is 0 Å². The molecule has 1 atom stereocenters. The second-order valence-electron chi connectivity index (χ2n) is 5.65. The summed E-state index contributed by atoms with van der Waals surface area (Å²) in [5.41, 5.74) is 2.73. The van der Waals surface area contributed by atoms with Crippen molar-refractivity contribution < 1.29 is 0 Å². The van der Waals surface area contributed by atoms with Gasteiger partial charge in [0.1, 0.15) is 0 Å². The van der Waals surface area contributed by atoms with E-state index in [1.54, 1.807) is 0 Å². The highest BCUT2D eigenvalue weighted by molar-refractivity contribution is 5.82. The van der Waals surface area contributed by atoms with Crippen LogP contribution in [0.2, 0.25) is 0 Å². The molecule has 106 valence electrons. The van der Waals surface area contributed by atoms with E-state index < -0.39 is 0 Å². The van der Waals surface area contributed by atoms with E-state index in [-0.39, 0.29) is 0 Å². The minimum atomic E-state index is 0.471. The minimum Gasteiger partial charge on any atom is -0.310 e. The monoisotopic (exact) mass is 275 g/mol. The molecule has 1 nitrogen and oxygen atoms in total. The summed E-state index contributed by atoms with van der Waals surface area (Å²) in [6.07, 6.45) is 1.06. The first-order chi connectivity index (χ1) is 10.3. The van der Waals surface area contributed by atoms with Crippen LogP contribution in [0.3, 0.4) is 0 Å². The maximum Gasteiger partial charge on any atom is 0.0208 e. The average Bonchev–Trinajstić information content (AvgIpc) is 2.54. The molecule has 1 unspecified atom stereocenters. The Bertz CT molecular complexity index is 703. The molecule has 0 saturated heterocycles. The van der Waals surface area contributed by atoms with Crippen LogP contribution in [0.15, 0.2) is 72.8 Å². The Morgan fingerprint density at radius 1 is 0.762 bits per heavy atom. The van der Waals surface area contributed by atoms with Crippen molar-refractivity contribution in [3.63, 3.8) is 0 Å². The van der Waals surface area contributed by atoms with Crippen LogP contribution in [0.5, 0.6) is 0 Å². The van der Waals surface area contributed by atoms with Crippen LogP contribution in [-0.2, 0) is 13.0 Å². The van der Waals surface area contributed by atoms with Crippen LogP contribution < -0.4 is 5.32 Å². The zero-order chi connectivity index (χ0) is 14.5. The molecule has 0 aliphatic heterocycles. The molecule has 0 aromatic heterocycles. The van der Waals surface area contributed by atoms with Crippen molar-refractivity contribution in [2.24, 2.45) is 0 Å². The van der Waals surface area contributed by atoms with Crippen LogP contribution in [0, 0.1) is 0 Å². The standard InChI is InChI=1S/C20H21N/c1-16(13-17-7-3-2-4-8-17)21-15-18-11-12-19-9-5-6-10-20(19)14-18/h2-12,14,16,21H,13,15H2,1H3. The van der Waals surface area contributed by atoms with Gasteiger partial charge in [0.25, 0.3) is 0 Å². The maximum atomic E-state index is 3.61. The number of nitrogens with one attached hydrogen (secondary N) is 1. The first kappa shape index (κ1) is 13.8. The molecule has 0 amide bonds. The highest BCUT2D eigenvalue weighted by Crippen LogP contribution is 2.15. The summed E-state index contributed by atoms with van der Waals surface area (Å²) in [6.45, 7) is 3.16. The second kappa shape index (κ2) is 6.55. The lowest BCUT2D eigenvalue weighted by atomic mass is 10.1. The van der Waals surface area contributed by atoms with Gasteiger partial charge in [-0.1, -0.05) is 66.7 Å². The second-order valence-corrected chi connectivity index (χ2v) is 5.65. The van der Waals surface area contributed by atoms with Gasteiger partial charge < -0.3 is 5.32 Å². The van der Waals surface area contributed by atoms with Gasteiger partial charge in [-0.2, -0.15) is 0 Å². The smallest absolute Gasteiger partial charge is 0.0208 e. The Kier molecular flexibility index (Phi) is 4.32. The van der Waals surface area contributed by atoms with E-state index in [9.17, 15) is 0 Å². The molecule has 3 aromatic rings. The van der Waals surface area contributed by atoms with E-state index in [0.717, 1.165) is 13.0 Å². The van der Waals surface area contributed by atoms with Crippen LogP contribution in [0.25, 0.3) is 10.8 Å². The molecule has 0 bridgehead atoms. The lowest BCUT2D eigenvalue weighted by molar-refractivity contribution is 0.545. The van der Waals surface area contributed by atoms with E-state index in [2.05, 4.69) is 85.0 Å². The molecule has 0 aliphatic rings. The summed E-state index contributed by atoms with van der Waals surface area (Å²) in [5, 5.41) is 6.23. The van der Waals surface area contributed by atoms with Crippen molar-refractivity contribution in [1.29, 1.82) is 0 Å². The topological polar surface area (TPSA) is 12.0 Å². The van der Waals surface area contributed by atoms with Gasteiger partial charge in [-0.05, 0) is 41.3 Å². The van der Waals surface area contributed by atoms with Crippen LogP contribution in [-0.4, -0.2) is 6.04 Å². The van der Waals surface area contributed by atoms with Crippen molar-refractivity contribution in [3.8, 4) is 0 Å². The summed E-state index contributed by atoms with van der Waals surface area (Å²) in [5.74, 6) is 0. The average molecular weight is 275 g/mol. The van der Waals surface area contributed by atoms with Gasteiger partial charge in [-0.25, -0.2) is 0 Å². The van der Waals surface area contributed by atoms with Crippen molar-refractivity contribution in [2.75, 3.05) is 0 Å². The molecule has 1 heteroatoms. The summed E-state index contributed by atoms with van der Waals surface area (Å²) in [4.78, 5) is 0. The Hall–Kier alpha value is -2.12. The quantitative estimate of drug-likeness (QED) is 0.719. The van der Waals surface area contributed by atoms with Crippen molar-refractivity contribution in [3.05, 3.63) is 83.9 Å². The molecule has 0 spiro atoms. The predicted molar refractivity (Wildman–Crippen MR) is 90.4 cm³/mol. The van der Waals surface area contributed by atoms with Crippen LogP contribution in [0.1, 0.15) is 18.1 Å². The zero-order valence-electron chi connectivity index (χ0n) is 12.4. The van der Waals surface area contributed by atoms with E-state index in [1.165, 1.54) is 21.9 Å². The molecule has 0 saturated carbocycles. The van der Waals surface area contributed by atoms with Gasteiger partial charge in [0, 0.05) is 12.6 Å². The van der Waals surface area contributed by atoms with Gasteiger partial charge in [-0.15, -0.1) is 0 Å². The van der Waals surface area contributed by atoms with E-state index in [0.29, 0.717) is 6.04 Å². The summed E-state index contributed by atoms with van der Waals surface area (Å²) in [7, 11) is 0. The van der Waals surface area contributed by atoms with Gasteiger partial charge >= 0.3 is 0 Å². The number of hydrogen-bond acceptors (Lipinski definition) is 1. The fraction of sp³-hybridized carbons (Fsp3) is 0.200. The molecule has 0 fully saturated rings. The third-order valence-electron chi connectivity index (χ3n) is 3.85. The van der Waals surface area contributed by atoms with E-state index >= 15 is 0 Å². The van der Waals surface area contributed by atoms with Gasteiger partial charge in [0.2, 0.25) is 0 Å². The maximum absolute atomic E-state index is 3.61. The zero-order valence-corrected chi connectivity index (χ0v) is 12.4. The fourth-order valence-corrected chi connectivity index (χ4v) is 2.68. The SMILES string of the molecule is CC(Cc1ccccc1)NCc1ccc2ccccc2c1. The molecule has 0 aliphatic carbocycles. The molecule has 0 heterocycles. The summed E-state index contributed by atoms with van der Waals surface area (Å²) >= 11 is 0. The Balaban J connectivity index is 1.60. The first-order valence-corrected chi connectivity index (χ1v) is 7.56. The van der Waals surface area contributed by atoms with Gasteiger partial charge in [0.05, 0.1) is 0 Å². The molecule has 1 N–H and O–H groups in total. The molecule has 21 heavy (non-hydrogen) atoms. The van der Waals surface area contributed by atoms with Crippen molar-refractivity contribution in [2.45, 2.75) is 25.9 Å². The van der Waals surface area contributed by atoms with Crippen molar-refractivity contribution in [1.82, 2.24) is 5.32 Å². The highest BCUT2D eigenvalue weighted by Gasteiger charge is 2.03. The third kappa shape index (κ3) is 3.71. The lowest BCUT2D eigenvalue weighted by Gasteiger charge is -2.14. The largest absolute Gasteiger partial charge is 0.310 e. The van der Waals surface area contributed by atoms with Gasteiger partial charge in [0.15, 0.2) is 0 Å². The van der Waals surface area contributed by atoms with Crippen LogP contribution in [0.4, 0.5) is 0 Å². The minimum absolute atomic E-state index is 0.471. The normalized spacial score (nSPS) is 12.4. The number of hydrogen-bond donors (Lipinski definition) is 1. The Morgan fingerprint density at radius 3 is 2.29 bits per heavy atom. The predicted octanol–water partition coefficient (Wildman–Crippen LogP) is 4.56. The fourth-order valence-electron chi connectivity index (χ4n) is 2.68. The van der Waals surface area contributed by atoms with E-state index in [1.807, 2.05) is 0 Å². The van der Waals surface area contributed by atoms with E-state index in [4.69, 9.17) is 0 Å². The van der Waals surface area contributed by atoms with Crippen LogP contribution >= 0.6 is 0 Å².